The van der Waals surface area contributed by atoms with E-state index in [1.165, 1.54) is 7.11 Å². The van der Waals surface area contributed by atoms with Crippen molar-refractivity contribution in [3.05, 3.63) is 64.5 Å². The van der Waals surface area contributed by atoms with E-state index in [1.807, 2.05) is 20.8 Å². The number of benzene rings is 2. The van der Waals surface area contributed by atoms with Crippen molar-refractivity contribution in [3.8, 4) is 23.3 Å². The second-order valence-corrected chi connectivity index (χ2v) is 6.67. The minimum Gasteiger partial charge on any atom is -0.493 e. The minimum atomic E-state index is -0.369. The van der Waals surface area contributed by atoms with E-state index >= 15 is 0 Å². The summed E-state index contributed by atoms with van der Waals surface area (Å²) in [6.07, 6.45) is 0. The highest BCUT2D eigenvalue weighted by molar-refractivity contribution is 6.05. The Labute approximate surface area is 180 Å². The first-order chi connectivity index (χ1) is 15.0. The van der Waals surface area contributed by atoms with Crippen molar-refractivity contribution in [2.75, 3.05) is 19.0 Å². The fourth-order valence-corrected chi connectivity index (χ4v) is 2.96. The van der Waals surface area contributed by atoms with Gasteiger partial charge in [-0.3, -0.25) is 4.79 Å². The zero-order valence-electron chi connectivity index (χ0n) is 17.8. The van der Waals surface area contributed by atoms with Crippen LogP contribution in [0.1, 0.15) is 39.9 Å². The summed E-state index contributed by atoms with van der Waals surface area (Å²) in [5.74, 6) is 1.71. The molecule has 0 aliphatic rings. The second-order valence-electron chi connectivity index (χ2n) is 6.67. The van der Waals surface area contributed by atoms with Gasteiger partial charge in [-0.1, -0.05) is 5.16 Å². The molecule has 8 nitrogen and oxygen atoms in total. The van der Waals surface area contributed by atoms with Crippen LogP contribution in [-0.2, 0) is 6.61 Å². The van der Waals surface area contributed by atoms with Crippen LogP contribution in [0.3, 0.4) is 0 Å². The van der Waals surface area contributed by atoms with Gasteiger partial charge in [-0.25, -0.2) is 0 Å². The van der Waals surface area contributed by atoms with Gasteiger partial charge >= 0.3 is 0 Å². The van der Waals surface area contributed by atoms with E-state index in [1.54, 1.807) is 36.4 Å². The van der Waals surface area contributed by atoms with Crippen molar-refractivity contribution in [3.63, 3.8) is 0 Å². The van der Waals surface area contributed by atoms with E-state index < -0.39 is 0 Å². The van der Waals surface area contributed by atoms with Crippen LogP contribution >= 0.6 is 0 Å². The van der Waals surface area contributed by atoms with Gasteiger partial charge in [0.2, 0.25) is 0 Å². The molecule has 0 unspecified atom stereocenters. The standard InChI is InChI=1S/C23H23N3O5/c1-5-29-20-8-6-16(12-24)10-19(20)25-23(27)17-7-9-21(22(11-17)28-4)30-13-18-14(2)26-31-15(18)3/h6-11H,5,13H2,1-4H3,(H,25,27). The van der Waals surface area contributed by atoms with Gasteiger partial charge in [-0.15, -0.1) is 0 Å². The van der Waals surface area contributed by atoms with Crippen molar-refractivity contribution < 1.29 is 23.5 Å². The molecular weight excluding hydrogens is 398 g/mol. The third kappa shape index (κ3) is 4.95. The van der Waals surface area contributed by atoms with E-state index in [4.69, 9.17) is 24.0 Å². The molecule has 1 heterocycles. The first-order valence-electron chi connectivity index (χ1n) is 9.67. The Bertz CT molecular complexity index is 1110. The molecule has 31 heavy (non-hydrogen) atoms. The van der Waals surface area contributed by atoms with Crippen LogP contribution < -0.4 is 19.5 Å². The number of nitrogens with zero attached hydrogens (tertiary/aromatic N) is 2. The molecule has 0 aliphatic carbocycles. The number of methoxy groups -OCH3 is 1. The van der Waals surface area contributed by atoms with Crippen molar-refractivity contribution in [1.29, 1.82) is 5.26 Å². The average molecular weight is 421 g/mol. The number of nitriles is 1. The summed E-state index contributed by atoms with van der Waals surface area (Å²) in [5.41, 5.74) is 2.83. The van der Waals surface area contributed by atoms with Crippen LogP contribution in [0.4, 0.5) is 5.69 Å². The lowest BCUT2D eigenvalue weighted by atomic mass is 10.1. The first kappa shape index (κ1) is 21.7. The molecule has 1 amide bonds. The van der Waals surface area contributed by atoms with Crippen molar-refractivity contribution in [2.24, 2.45) is 0 Å². The van der Waals surface area contributed by atoms with Gasteiger partial charge in [-0.2, -0.15) is 5.26 Å². The Morgan fingerprint density at radius 2 is 1.90 bits per heavy atom. The zero-order valence-corrected chi connectivity index (χ0v) is 17.8. The monoisotopic (exact) mass is 421 g/mol. The third-order valence-corrected chi connectivity index (χ3v) is 4.64. The SMILES string of the molecule is CCOc1ccc(C#N)cc1NC(=O)c1ccc(OCc2c(C)noc2C)c(OC)c1. The van der Waals surface area contributed by atoms with E-state index in [0.717, 1.165) is 11.3 Å². The highest BCUT2D eigenvalue weighted by Crippen LogP contribution is 2.31. The number of rotatable bonds is 8. The highest BCUT2D eigenvalue weighted by atomic mass is 16.5. The summed E-state index contributed by atoms with van der Waals surface area (Å²) in [5, 5.41) is 15.8. The summed E-state index contributed by atoms with van der Waals surface area (Å²) >= 11 is 0. The van der Waals surface area contributed by atoms with Crippen LogP contribution in [0.5, 0.6) is 17.2 Å². The van der Waals surface area contributed by atoms with Crippen LogP contribution in [0, 0.1) is 25.2 Å². The quantitative estimate of drug-likeness (QED) is 0.574. The van der Waals surface area contributed by atoms with E-state index in [0.29, 0.717) is 46.4 Å². The van der Waals surface area contributed by atoms with Crippen molar-refractivity contribution in [2.45, 2.75) is 27.4 Å². The number of aryl methyl sites for hydroxylation is 2. The van der Waals surface area contributed by atoms with Crippen LogP contribution in [0.25, 0.3) is 0 Å². The molecule has 1 N–H and O–H groups in total. The van der Waals surface area contributed by atoms with E-state index in [9.17, 15) is 4.79 Å². The van der Waals surface area contributed by atoms with Gasteiger partial charge in [0.25, 0.3) is 5.91 Å². The van der Waals surface area contributed by atoms with Crippen molar-refractivity contribution in [1.82, 2.24) is 5.16 Å². The predicted octanol–water partition coefficient (Wildman–Crippen LogP) is 4.40. The molecule has 0 atom stereocenters. The predicted molar refractivity (Wildman–Crippen MR) is 114 cm³/mol. The lowest BCUT2D eigenvalue weighted by molar-refractivity contribution is 0.102. The average Bonchev–Trinajstić information content (AvgIpc) is 3.10. The van der Waals surface area contributed by atoms with Gasteiger partial charge in [0.1, 0.15) is 18.1 Å². The maximum atomic E-state index is 12.8. The van der Waals surface area contributed by atoms with Crippen molar-refractivity contribution >= 4 is 11.6 Å². The van der Waals surface area contributed by atoms with E-state index in [-0.39, 0.29) is 12.5 Å². The van der Waals surface area contributed by atoms with Gasteiger partial charge < -0.3 is 24.1 Å². The van der Waals surface area contributed by atoms with Gasteiger partial charge in [0, 0.05) is 5.56 Å². The number of aromatic nitrogens is 1. The molecule has 8 heteroatoms. The summed E-state index contributed by atoms with van der Waals surface area (Å²) in [6.45, 7) is 6.20. The number of nitrogens with one attached hydrogen (secondary N) is 1. The molecule has 0 saturated heterocycles. The summed E-state index contributed by atoms with van der Waals surface area (Å²) < 4.78 is 21.9. The molecule has 0 saturated carbocycles. The van der Waals surface area contributed by atoms with Gasteiger partial charge in [0.05, 0.1) is 42.3 Å². The Balaban J connectivity index is 1.79. The Kier molecular flexibility index (Phi) is 6.78. The molecule has 0 spiro atoms. The highest BCUT2D eigenvalue weighted by Gasteiger charge is 2.16. The normalized spacial score (nSPS) is 10.3. The molecule has 1 aromatic heterocycles. The summed E-state index contributed by atoms with van der Waals surface area (Å²) in [6, 6.07) is 11.8. The Morgan fingerprint density at radius 3 is 2.55 bits per heavy atom. The van der Waals surface area contributed by atoms with Crippen LogP contribution in [0.2, 0.25) is 0 Å². The maximum Gasteiger partial charge on any atom is 0.255 e. The molecule has 3 rings (SSSR count). The maximum absolute atomic E-state index is 12.8. The third-order valence-electron chi connectivity index (χ3n) is 4.64. The Morgan fingerprint density at radius 1 is 1.13 bits per heavy atom. The number of hydrogen-bond donors (Lipinski definition) is 1. The smallest absolute Gasteiger partial charge is 0.255 e. The van der Waals surface area contributed by atoms with E-state index in [2.05, 4.69) is 16.5 Å². The fourth-order valence-electron chi connectivity index (χ4n) is 2.96. The Hall–Kier alpha value is -3.99. The molecular formula is C23H23N3O5. The topological polar surface area (TPSA) is 107 Å². The fraction of sp³-hybridized carbons (Fsp3) is 0.261. The number of amides is 1. The summed E-state index contributed by atoms with van der Waals surface area (Å²) in [4.78, 5) is 12.8. The molecule has 3 aromatic rings. The first-order valence-corrected chi connectivity index (χ1v) is 9.67. The molecule has 0 bridgehead atoms. The molecule has 160 valence electrons. The molecule has 0 radical (unpaired) electrons. The lowest BCUT2D eigenvalue weighted by Gasteiger charge is -2.14. The zero-order chi connectivity index (χ0) is 22.4. The molecule has 0 fully saturated rings. The number of carbonyl (C=O) groups is 1. The number of carbonyl (C=O) groups excluding carboxylic acids is 1. The van der Waals surface area contributed by atoms with Gasteiger partial charge in [0.15, 0.2) is 11.5 Å². The lowest BCUT2D eigenvalue weighted by Crippen LogP contribution is -2.13. The largest absolute Gasteiger partial charge is 0.493 e. The second kappa shape index (κ2) is 9.67. The minimum absolute atomic E-state index is 0.266. The number of anilines is 1. The number of ether oxygens (including phenoxy) is 3. The van der Waals surface area contributed by atoms with Crippen LogP contribution in [-0.4, -0.2) is 24.8 Å². The van der Waals surface area contributed by atoms with Crippen LogP contribution in [0.15, 0.2) is 40.9 Å². The molecule has 2 aromatic carbocycles. The van der Waals surface area contributed by atoms with Gasteiger partial charge in [-0.05, 0) is 57.2 Å². The number of hydrogen-bond acceptors (Lipinski definition) is 7. The molecule has 0 aliphatic heterocycles. The summed E-state index contributed by atoms with van der Waals surface area (Å²) in [7, 11) is 1.50.